The Bertz CT molecular complexity index is 978. The van der Waals surface area contributed by atoms with Crippen molar-refractivity contribution in [3.05, 3.63) is 62.7 Å². The molecule has 0 unspecified atom stereocenters. The van der Waals surface area contributed by atoms with Crippen molar-refractivity contribution in [2.24, 2.45) is 0 Å². The van der Waals surface area contributed by atoms with Gasteiger partial charge >= 0.3 is 6.18 Å². The first-order valence-electron chi connectivity index (χ1n) is 7.35. The molecule has 0 atom stereocenters. The average molecular weight is 400 g/mol. The SMILES string of the molecule is O=C1CN(C(=O)c2ccc(Cl)c([N+](=O)[O-])c2)c2ccc(C(F)(F)F)cc2N1. The summed E-state index contributed by atoms with van der Waals surface area (Å²) in [6.45, 7) is -0.451. The van der Waals surface area contributed by atoms with E-state index in [1.807, 2.05) is 0 Å². The lowest BCUT2D eigenvalue weighted by Gasteiger charge is -2.29. The van der Waals surface area contributed by atoms with Crippen LogP contribution in [-0.2, 0) is 11.0 Å². The van der Waals surface area contributed by atoms with Gasteiger partial charge in [-0.05, 0) is 30.3 Å². The number of rotatable bonds is 2. The van der Waals surface area contributed by atoms with Crippen LogP contribution in [0.1, 0.15) is 15.9 Å². The Labute approximate surface area is 154 Å². The summed E-state index contributed by atoms with van der Waals surface area (Å²) in [4.78, 5) is 35.7. The maximum atomic E-state index is 12.9. The number of carbonyl (C=O) groups is 2. The van der Waals surface area contributed by atoms with Crippen molar-refractivity contribution in [3.63, 3.8) is 0 Å². The molecule has 1 N–H and O–H groups in total. The predicted octanol–water partition coefficient (Wildman–Crippen LogP) is 3.87. The van der Waals surface area contributed by atoms with Gasteiger partial charge in [0, 0.05) is 11.6 Å². The molecular weight excluding hydrogens is 391 g/mol. The molecular formula is C16H9ClF3N3O4. The van der Waals surface area contributed by atoms with Gasteiger partial charge in [0.2, 0.25) is 5.91 Å². The van der Waals surface area contributed by atoms with Gasteiger partial charge in [-0.3, -0.25) is 24.6 Å². The van der Waals surface area contributed by atoms with Crippen LogP contribution in [0.2, 0.25) is 5.02 Å². The molecule has 2 aromatic carbocycles. The molecule has 1 aliphatic rings. The second-order valence-corrected chi connectivity index (χ2v) is 6.00. The minimum atomic E-state index is -4.62. The summed E-state index contributed by atoms with van der Waals surface area (Å²) < 4.78 is 38.6. The van der Waals surface area contributed by atoms with Crippen LogP contribution in [0.3, 0.4) is 0 Å². The Balaban J connectivity index is 2.03. The lowest BCUT2D eigenvalue weighted by atomic mass is 10.1. The van der Waals surface area contributed by atoms with Crippen molar-refractivity contribution in [1.29, 1.82) is 0 Å². The normalized spacial score (nSPS) is 13.8. The van der Waals surface area contributed by atoms with Gasteiger partial charge < -0.3 is 5.32 Å². The van der Waals surface area contributed by atoms with Crippen LogP contribution in [0.4, 0.5) is 30.2 Å². The first kappa shape index (κ1) is 18.6. The van der Waals surface area contributed by atoms with E-state index in [-0.39, 0.29) is 22.0 Å². The summed E-state index contributed by atoms with van der Waals surface area (Å²) in [6.07, 6.45) is -4.62. The van der Waals surface area contributed by atoms with Gasteiger partial charge in [-0.2, -0.15) is 13.2 Å². The van der Waals surface area contributed by atoms with Crippen LogP contribution in [0, 0.1) is 10.1 Å². The Morgan fingerprint density at radius 3 is 2.56 bits per heavy atom. The molecule has 2 amide bonds. The standard InChI is InChI=1S/C16H9ClF3N3O4/c17-10-3-1-8(5-13(10)23(26)27)15(25)22-7-14(24)21-11-6-9(16(18,19)20)2-4-12(11)22/h1-6H,7H2,(H,21,24). The number of benzene rings is 2. The predicted molar refractivity (Wildman–Crippen MR) is 89.9 cm³/mol. The molecule has 0 saturated heterocycles. The smallest absolute Gasteiger partial charge is 0.323 e. The number of nitrogens with one attached hydrogen (secondary N) is 1. The number of carbonyl (C=O) groups excluding carboxylic acids is 2. The lowest BCUT2D eigenvalue weighted by molar-refractivity contribution is -0.384. The van der Waals surface area contributed by atoms with E-state index in [9.17, 15) is 32.9 Å². The number of nitro benzene ring substituents is 1. The third-order valence-electron chi connectivity index (χ3n) is 3.83. The highest BCUT2D eigenvalue weighted by Crippen LogP contribution is 2.37. The van der Waals surface area contributed by atoms with Crippen molar-refractivity contribution in [2.45, 2.75) is 6.18 Å². The lowest BCUT2D eigenvalue weighted by Crippen LogP contribution is -2.42. The van der Waals surface area contributed by atoms with Crippen molar-refractivity contribution >= 4 is 40.5 Å². The van der Waals surface area contributed by atoms with Crippen molar-refractivity contribution in [1.82, 2.24) is 0 Å². The Morgan fingerprint density at radius 1 is 1.22 bits per heavy atom. The number of alkyl halides is 3. The van der Waals surface area contributed by atoms with E-state index in [2.05, 4.69) is 5.32 Å². The molecule has 0 bridgehead atoms. The number of anilines is 2. The maximum absolute atomic E-state index is 12.9. The van der Waals surface area contributed by atoms with Gasteiger partial charge in [-0.1, -0.05) is 11.6 Å². The number of hydrogen-bond donors (Lipinski definition) is 1. The number of halogens is 4. The number of nitrogens with zero attached hydrogens (tertiary/aromatic N) is 2. The third-order valence-corrected chi connectivity index (χ3v) is 4.15. The largest absolute Gasteiger partial charge is 0.416 e. The van der Waals surface area contributed by atoms with Gasteiger partial charge in [0.1, 0.15) is 11.6 Å². The molecule has 1 heterocycles. The summed E-state index contributed by atoms with van der Waals surface area (Å²) in [5.74, 6) is -1.48. The van der Waals surface area contributed by atoms with Gasteiger partial charge in [0.15, 0.2) is 0 Å². The molecule has 0 aromatic heterocycles. The number of hydrogen-bond acceptors (Lipinski definition) is 4. The molecule has 0 radical (unpaired) electrons. The second-order valence-electron chi connectivity index (χ2n) is 5.59. The summed E-state index contributed by atoms with van der Waals surface area (Å²) in [5.41, 5.74) is -1.76. The maximum Gasteiger partial charge on any atom is 0.416 e. The van der Waals surface area contributed by atoms with E-state index < -0.39 is 40.7 Å². The van der Waals surface area contributed by atoms with Crippen LogP contribution in [-0.4, -0.2) is 23.3 Å². The van der Waals surface area contributed by atoms with E-state index in [1.54, 1.807) is 0 Å². The summed E-state index contributed by atoms with van der Waals surface area (Å²) in [6, 6.07) is 5.89. The van der Waals surface area contributed by atoms with Crippen molar-refractivity contribution < 1.29 is 27.7 Å². The zero-order valence-electron chi connectivity index (χ0n) is 13.2. The second kappa shape index (κ2) is 6.54. The first-order valence-corrected chi connectivity index (χ1v) is 7.72. The van der Waals surface area contributed by atoms with Crippen LogP contribution in [0.15, 0.2) is 36.4 Å². The molecule has 1 aliphatic heterocycles. The molecule has 0 spiro atoms. The molecule has 3 rings (SSSR count). The Kier molecular flexibility index (Phi) is 4.52. The molecule has 140 valence electrons. The van der Waals surface area contributed by atoms with Crippen LogP contribution >= 0.6 is 11.6 Å². The average Bonchev–Trinajstić information content (AvgIpc) is 2.59. The molecule has 2 aromatic rings. The molecule has 0 fully saturated rings. The molecule has 0 saturated carbocycles. The topological polar surface area (TPSA) is 92.5 Å². The highest BCUT2D eigenvalue weighted by Gasteiger charge is 2.34. The first-order chi connectivity index (χ1) is 12.6. The summed E-state index contributed by atoms with van der Waals surface area (Å²) >= 11 is 5.71. The van der Waals surface area contributed by atoms with Crippen molar-refractivity contribution in [3.8, 4) is 0 Å². The fourth-order valence-electron chi connectivity index (χ4n) is 2.59. The summed E-state index contributed by atoms with van der Waals surface area (Å²) in [7, 11) is 0. The van der Waals surface area contributed by atoms with Gasteiger partial charge in [0.25, 0.3) is 11.6 Å². The molecule has 27 heavy (non-hydrogen) atoms. The van der Waals surface area contributed by atoms with E-state index in [0.29, 0.717) is 0 Å². The zero-order chi connectivity index (χ0) is 19.9. The highest BCUT2D eigenvalue weighted by atomic mass is 35.5. The molecule has 0 aliphatic carbocycles. The Hall–Kier alpha value is -3.14. The van der Waals surface area contributed by atoms with E-state index in [4.69, 9.17) is 11.6 Å². The fraction of sp³-hybridized carbons (Fsp3) is 0.125. The Morgan fingerprint density at radius 2 is 1.93 bits per heavy atom. The van der Waals surface area contributed by atoms with Crippen LogP contribution in [0.5, 0.6) is 0 Å². The number of nitro groups is 1. The molecule has 11 heteroatoms. The van der Waals surface area contributed by atoms with Gasteiger partial charge in [-0.25, -0.2) is 0 Å². The van der Waals surface area contributed by atoms with Crippen molar-refractivity contribution in [2.75, 3.05) is 16.8 Å². The van der Waals surface area contributed by atoms with E-state index in [0.717, 1.165) is 35.2 Å². The highest BCUT2D eigenvalue weighted by molar-refractivity contribution is 6.32. The van der Waals surface area contributed by atoms with E-state index in [1.165, 1.54) is 6.07 Å². The minimum Gasteiger partial charge on any atom is -0.323 e. The van der Waals surface area contributed by atoms with Gasteiger partial charge in [0.05, 0.1) is 21.9 Å². The van der Waals surface area contributed by atoms with Gasteiger partial charge in [-0.15, -0.1) is 0 Å². The quantitative estimate of drug-likeness (QED) is 0.613. The minimum absolute atomic E-state index is 0.0465. The fourth-order valence-corrected chi connectivity index (χ4v) is 2.78. The monoisotopic (exact) mass is 399 g/mol. The number of fused-ring (bicyclic) bond motifs is 1. The zero-order valence-corrected chi connectivity index (χ0v) is 14.0. The molecule has 7 nitrogen and oxygen atoms in total. The van der Waals surface area contributed by atoms with E-state index >= 15 is 0 Å². The summed E-state index contributed by atoms with van der Waals surface area (Å²) in [5, 5.41) is 13.1. The number of amides is 2. The van der Waals surface area contributed by atoms with Crippen LogP contribution < -0.4 is 10.2 Å². The third kappa shape index (κ3) is 3.56. The van der Waals surface area contributed by atoms with Crippen LogP contribution in [0.25, 0.3) is 0 Å².